The summed E-state index contributed by atoms with van der Waals surface area (Å²) in [5, 5.41) is 13.7. The summed E-state index contributed by atoms with van der Waals surface area (Å²) in [4.78, 5) is 14.0. The third-order valence-corrected chi connectivity index (χ3v) is 1.69. The first-order valence-corrected chi connectivity index (χ1v) is 4.76. The first-order valence-electron chi connectivity index (χ1n) is 4.38. The van der Waals surface area contributed by atoms with Gasteiger partial charge < -0.3 is 5.32 Å². The standard InChI is InChI=1S/C9H12ClN3O2/c1-9(2,3)12-8-5-6(13(14)15)4-7(10)11-8/h4-5H,1-3H3,(H,11,12). The number of aromatic nitrogens is 1. The molecule has 0 amide bonds. The Morgan fingerprint density at radius 1 is 1.47 bits per heavy atom. The van der Waals surface area contributed by atoms with Crippen LogP contribution < -0.4 is 5.32 Å². The molecule has 15 heavy (non-hydrogen) atoms. The second-order valence-corrected chi connectivity index (χ2v) is 4.55. The molecule has 1 N–H and O–H groups in total. The van der Waals surface area contributed by atoms with Crippen LogP contribution in [0.4, 0.5) is 11.5 Å². The van der Waals surface area contributed by atoms with Gasteiger partial charge in [-0.3, -0.25) is 10.1 Å². The Morgan fingerprint density at radius 2 is 2.07 bits per heavy atom. The quantitative estimate of drug-likeness (QED) is 0.481. The molecule has 0 saturated carbocycles. The summed E-state index contributed by atoms with van der Waals surface area (Å²) in [7, 11) is 0. The zero-order valence-electron chi connectivity index (χ0n) is 8.74. The van der Waals surface area contributed by atoms with E-state index in [0.717, 1.165) is 0 Å². The second kappa shape index (κ2) is 4.02. The molecule has 6 heteroatoms. The maximum absolute atomic E-state index is 10.6. The fourth-order valence-electron chi connectivity index (χ4n) is 1.04. The van der Waals surface area contributed by atoms with E-state index in [1.54, 1.807) is 0 Å². The van der Waals surface area contributed by atoms with E-state index in [-0.39, 0.29) is 16.4 Å². The average Bonchev–Trinajstić information content (AvgIpc) is 1.99. The second-order valence-electron chi connectivity index (χ2n) is 4.17. The van der Waals surface area contributed by atoms with Gasteiger partial charge in [0.1, 0.15) is 11.0 Å². The average molecular weight is 230 g/mol. The van der Waals surface area contributed by atoms with Crippen molar-refractivity contribution < 1.29 is 4.92 Å². The SMILES string of the molecule is CC(C)(C)Nc1cc([N+](=O)[O-])cc(Cl)n1. The largest absolute Gasteiger partial charge is 0.365 e. The Balaban J connectivity index is 3.04. The van der Waals surface area contributed by atoms with Crippen molar-refractivity contribution in [3.05, 3.63) is 27.4 Å². The molecule has 0 aromatic carbocycles. The lowest BCUT2D eigenvalue weighted by molar-refractivity contribution is -0.384. The van der Waals surface area contributed by atoms with Crippen molar-refractivity contribution in [1.82, 2.24) is 4.98 Å². The molecule has 1 aromatic rings. The third-order valence-electron chi connectivity index (χ3n) is 1.49. The van der Waals surface area contributed by atoms with Gasteiger partial charge in [-0.15, -0.1) is 0 Å². The summed E-state index contributed by atoms with van der Waals surface area (Å²) >= 11 is 5.67. The number of nitro groups is 1. The summed E-state index contributed by atoms with van der Waals surface area (Å²) in [6.45, 7) is 5.80. The monoisotopic (exact) mass is 229 g/mol. The predicted octanol–water partition coefficient (Wildman–Crippen LogP) is 2.85. The van der Waals surface area contributed by atoms with Crippen LogP contribution in [-0.2, 0) is 0 Å². The highest BCUT2D eigenvalue weighted by atomic mass is 35.5. The number of hydrogen-bond donors (Lipinski definition) is 1. The molecule has 1 rings (SSSR count). The molecule has 0 atom stereocenters. The molecule has 1 aromatic heterocycles. The maximum atomic E-state index is 10.6. The normalized spacial score (nSPS) is 11.2. The number of rotatable bonds is 2. The minimum absolute atomic E-state index is 0.0678. The minimum Gasteiger partial charge on any atom is -0.365 e. The van der Waals surface area contributed by atoms with E-state index < -0.39 is 4.92 Å². The van der Waals surface area contributed by atoms with Crippen molar-refractivity contribution in [1.29, 1.82) is 0 Å². The Labute approximate surface area is 92.6 Å². The molecule has 1 heterocycles. The van der Waals surface area contributed by atoms with Crippen LogP contribution in [0.5, 0.6) is 0 Å². The Morgan fingerprint density at radius 3 is 2.53 bits per heavy atom. The third kappa shape index (κ3) is 3.71. The van der Waals surface area contributed by atoms with E-state index in [4.69, 9.17) is 11.6 Å². The van der Waals surface area contributed by atoms with Crippen molar-refractivity contribution in [2.45, 2.75) is 26.3 Å². The van der Waals surface area contributed by atoms with Gasteiger partial charge in [0.25, 0.3) is 5.69 Å². The Hall–Kier alpha value is -1.36. The Kier molecular flexibility index (Phi) is 3.14. The highest BCUT2D eigenvalue weighted by molar-refractivity contribution is 6.29. The minimum atomic E-state index is -0.499. The van der Waals surface area contributed by atoms with Gasteiger partial charge in [-0.05, 0) is 20.8 Å². The van der Waals surface area contributed by atoms with Gasteiger partial charge >= 0.3 is 0 Å². The molecule has 5 nitrogen and oxygen atoms in total. The van der Waals surface area contributed by atoms with Crippen LogP contribution in [0.15, 0.2) is 12.1 Å². The maximum Gasteiger partial charge on any atom is 0.276 e. The summed E-state index contributed by atoms with van der Waals surface area (Å²) in [5.74, 6) is 0.404. The number of hydrogen-bond acceptors (Lipinski definition) is 4. The zero-order chi connectivity index (χ0) is 11.6. The summed E-state index contributed by atoms with van der Waals surface area (Å²) in [5.41, 5.74) is -0.285. The Bertz CT molecular complexity index is 387. The van der Waals surface area contributed by atoms with Crippen molar-refractivity contribution >= 4 is 23.1 Å². The number of nitrogens with zero attached hydrogens (tertiary/aromatic N) is 2. The predicted molar refractivity (Wildman–Crippen MR) is 59.3 cm³/mol. The van der Waals surface area contributed by atoms with Crippen LogP contribution in [0.25, 0.3) is 0 Å². The molecule has 0 aliphatic heterocycles. The van der Waals surface area contributed by atoms with Gasteiger partial charge in [0.2, 0.25) is 0 Å². The van der Waals surface area contributed by atoms with Crippen LogP contribution in [0, 0.1) is 10.1 Å². The molecular formula is C9H12ClN3O2. The van der Waals surface area contributed by atoms with Crippen LogP contribution in [-0.4, -0.2) is 15.4 Å². The lowest BCUT2D eigenvalue weighted by Crippen LogP contribution is -2.26. The molecule has 82 valence electrons. The van der Waals surface area contributed by atoms with E-state index in [1.165, 1.54) is 12.1 Å². The smallest absolute Gasteiger partial charge is 0.276 e. The highest BCUT2D eigenvalue weighted by Crippen LogP contribution is 2.22. The molecule has 0 aliphatic carbocycles. The number of nitrogens with one attached hydrogen (secondary N) is 1. The summed E-state index contributed by atoms with van der Waals surface area (Å²) in [6.07, 6.45) is 0. The van der Waals surface area contributed by atoms with E-state index >= 15 is 0 Å². The fraction of sp³-hybridized carbons (Fsp3) is 0.444. The first kappa shape index (κ1) is 11.7. The van der Waals surface area contributed by atoms with Crippen LogP contribution in [0.1, 0.15) is 20.8 Å². The molecule has 0 unspecified atom stereocenters. The van der Waals surface area contributed by atoms with Crippen molar-refractivity contribution in [3.8, 4) is 0 Å². The van der Waals surface area contributed by atoms with Crippen LogP contribution >= 0.6 is 11.6 Å². The van der Waals surface area contributed by atoms with Gasteiger partial charge in [0.15, 0.2) is 0 Å². The summed E-state index contributed by atoms with van der Waals surface area (Å²) < 4.78 is 0. The van der Waals surface area contributed by atoms with Crippen LogP contribution in [0.2, 0.25) is 5.15 Å². The van der Waals surface area contributed by atoms with E-state index in [0.29, 0.717) is 5.82 Å². The van der Waals surface area contributed by atoms with Gasteiger partial charge in [-0.1, -0.05) is 11.6 Å². The number of anilines is 1. The molecule has 0 radical (unpaired) electrons. The van der Waals surface area contributed by atoms with Gasteiger partial charge in [0, 0.05) is 5.54 Å². The molecule has 0 fully saturated rings. The van der Waals surface area contributed by atoms with Gasteiger partial charge in [-0.2, -0.15) is 0 Å². The molecule has 0 saturated heterocycles. The van der Waals surface area contributed by atoms with Crippen molar-refractivity contribution in [2.24, 2.45) is 0 Å². The lowest BCUT2D eigenvalue weighted by Gasteiger charge is -2.21. The summed E-state index contributed by atoms with van der Waals surface area (Å²) in [6, 6.07) is 2.58. The molecule has 0 bridgehead atoms. The fourth-order valence-corrected chi connectivity index (χ4v) is 1.24. The van der Waals surface area contributed by atoms with Crippen molar-refractivity contribution in [3.63, 3.8) is 0 Å². The lowest BCUT2D eigenvalue weighted by atomic mass is 10.1. The zero-order valence-corrected chi connectivity index (χ0v) is 9.50. The number of halogens is 1. The molecular weight excluding hydrogens is 218 g/mol. The molecule has 0 aliphatic rings. The highest BCUT2D eigenvalue weighted by Gasteiger charge is 2.14. The van der Waals surface area contributed by atoms with E-state index in [2.05, 4.69) is 10.3 Å². The van der Waals surface area contributed by atoms with Gasteiger partial charge in [0.05, 0.1) is 17.1 Å². The van der Waals surface area contributed by atoms with Crippen molar-refractivity contribution in [2.75, 3.05) is 5.32 Å². The number of pyridine rings is 1. The van der Waals surface area contributed by atoms with E-state index in [1.807, 2.05) is 20.8 Å². The van der Waals surface area contributed by atoms with Gasteiger partial charge in [-0.25, -0.2) is 4.98 Å². The topological polar surface area (TPSA) is 68.1 Å². The van der Waals surface area contributed by atoms with E-state index in [9.17, 15) is 10.1 Å². The molecule has 0 spiro atoms. The van der Waals surface area contributed by atoms with Crippen LogP contribution in [0.3, 0.4) is 0 Å². The first-order chi connectivity index (χ1) is 6.78.